The van der Waals surface area contributed by atoms with Crippen LogP contribution in [-0.2, 0) is 19.1 Å². The highest BCUT2D eigenvalue weighted by Gasteiger charge is 2.31. The fourth-order valence-corrected chi connectivity index (χ4v) is 2.78. The van der Waals surface area contributed by atoms with Gasteiger partial charge in [0.05, 0.1) is 12.1 Å². The van der Waals surface area contributed by atoms with Crippen molar-refractivity contribution in [3.63, 3.8) is 0 Å². The van der Waals surface area contributed by atoms with Gasteiger partial charge in [-0.3, -0.25) is 14.4 Å². The van der Waals surface area contributed by atoms with Crippen molar-refractivity contribution in [1.82, 2.24) is 0 Å². The number of carbonyl (C=O) groups excluding carboxylic acids is 3. The van der Waals surface area contributed by atoms with E-state index in [0.29, 0.717) is 17.1 Å². The second kappa shape index (κ2) is 8.12. The molecule has 2 amide bonds. The molecule has 2 atom stereocenters. The van der Waals surface area contributed by atoms with Gasteiger partial charge >= 0.3 is 5.97 Å². The number of benzene rings is 2. The molecule has 1 aliphatic heterocycles. The summed E-state index contributed by atoms with van der Waals surface area (Å²) in [6.45, 7) is 5.28. The molecule has 0 unspecified atom stereocenters. The number of amides is 2. The summed E-state index contributed by atoms with van der Waals surface area (Å²) in [5, 5.41) is 5.44. The molecule has 0 saturated carbocycles. The molecule has 3 rings (SSSR count). The molecule has 0 saturated heterocycles. The maximum atomic E-state index is 12.3. The van der Waals surface area contributed by atoms with Gasteiger partial charge in [-0.25, -0.2) is 0 Å². The molecule has 146 valence electrons. The summed E-state index contributed by atoms with van der Waals surface area (Å²) in [4.78, 5) is 36.6. The molecule has 1 heterocycles. The highest BCUT2D eigenvalue weighted by Crippen LogP contribution is 2.29. The lowest BCUT2D eigenvalue weighted by molar-refractivity contribution is -0.155. The van der Waals surface area contributed by atoms with Crippen molar-refractivity contribution in [3.05, 3.63) is 53.6 Å². The third-order valence-corrected chi connectivity index (χ3v) is 4.39. The summed E-state index contributed by atoms with van der Waals surface area (Å²) in [5.74, 6) is -1.08. The lowest BCUT2D eigenvalue weighted by atomic mass is 10.1. The minimum Gasteiger partial charge on any atom is -0.478 e. The van der Waals surface area contributed by atoms with Gasteiger partial charge in [-0.15, -0.1) is 0 Å². The van der Waals surface area contributed by atoms with Crippen molar-refractivity contribution in [1.29, 1.82) is 0 Å². The van der Waals surface area contributed by atoms with Gasteiger partial charge in [-0.1, -0.05) is 24.3 Å². The summed E-state index contributed by atoms with van der Waals surface area (Å²) in [6, 6.07) is 12.6. The fraction of sp³-hybridized carbons (Fsp3) is 0.286. The summed E-state index contributed by atoms with van der Waals surface area (Å²) in [7, 11) is 0. The van der Waals surface area contributed by atoms with Crippen LogP contribution in [0.4, 0.5) is 11.4 Å². The number of para-hydroxylation sites is 2. The zero-order valence-corrected chi connectivity index (χ0v) is 15.9. The largest absolute Gasteiger partial charge is 0.478 e. The van der Waals surface area contributed by atoms with Crippen LogP contribution in [0.2, 0.25) is 0 Å². The molecule has 0 fully saturated rings. The van der Waals surface area contributed by atoms with E-state index in [-0.39, 0.29) is 6.42 Å². The van der Waals surface area contributed by atoms with Gasteiger partial charge in [0.1, 0.15) is 5.75 Å². The van der Waals surface area contributed by atoms with E-state index in [4.69, 9.17) is 9.47 Å². The van der Waals surface area contributed by atoms with Gasteiger partial charge in [0.2, 0.25) is 0 Å². The van der Waals surface area contributed by atoms with Gasteiger partial charge in [0, 0.05) is 5.69 Å². The number of ether oxygens (including phenoxy) is 2. The number of anilines is 2. The number of hydrogen-bond donors (Lipinski definition) is 2. The Morgan fingerprint density at radius 1 is 1.21 bits per heavy atom. The molecule has 0 aliphatic carbocycles. The normalized spacial score (nSPS) is 16.2. The number of rotatable bonds is 5. The van der Waals surface area contributed by atoms with Crippen molar-refractivity contribution in [2.24, 2.45) is 0 Å². The predicted octanol–water partition coefficient (Wildman–Crippen LogP) is 2.96. The smallest absolute Gasteiger partial charge is 0.310 e. The molecule has 2 N–H and O–H groups in total. The second-order valence-electron chi connectivity index (χ2n) is 6.74. The summed E-state index contributed by atoms with van der Waals surface area (Å²) in [5.41, 5.74) is 3.13. The molecule has 0 spiro atoms. The van der Waals surface area contributed by atoms with Gasteiger partial charge in [-0.05, 0) is 50.1 Å². The van der Waals surface area contributed by atoms with E-state index in [2.05, 4.69) is 10.6 Å². The zero-order valence-electron chi connectivity index (χ0n) is 15.9. The van der Waals surface area contributed by atoms with E-state index in [1.165, 1.54) is 6.92 Å². The monoisotopic (exact) mass is 382 g/mol. The Labute approximate surface area is 163 Å². The van der Waals surface area contributed by atoms with Crippen molar-refractivity contribution in [2.75, 3.05) is 10.6 Å². The molecular weight excluding hydrogens is 360 g/mol. The average Bonchev–Trinajstić information content (AvgIpc) is 2.65. The van der Waals surface area contributed by atoms with Crippen LogP contribution in [0.15, 0.2) is 42.5 Å². The molecule has 0 aromatic heterocycles. The Bertz CT molecular complexity index is 925. The molecule has 7 heteroatoms. The lowest BCUT2D eigenvalue weighted by Crippen LogP contribution is -2.40. The molecular formula is C21H22N2O5. The highest BCUT2D eigenvalue weighted by molar-refractivity contribution is 6.00. The standard InChI is InChI=1S/C21H22N2O5/c1-12-8-9-13(2)16(10-12)23-20(25)14(3)27-19(24)11-18-21(26)22-15-6-4-5-7-17(15)28-18/h4-10,14,18H,11H2,1-3H3,(H,22,26)(H,23,25)/t14-,18-/m0/s1. The first-order valence-electron chi connectivity index (χ1n) is 8.97. The quantitative estimate of drug-likeness (QED) is 0.776. The minimum atomic E-state index is -1.01. The first kappa shape index (κ1) is 19.4. The SMILES string of the molecule is Cc1ccc(C)c(NC(=O)[C@H](C)OC(=O)C[C@@H]2Oc3ccccc3NC2=O)c1. The molecule has 1 aliphatic rings. The minimum absolute atomic E-state index is 0.290. The van der Waals surface area contributed by atoms with Crippen molar-refractivity contribution < 1.29 is 23.9 Å². The van der Waals surface area contributed by atoms with Gasteiger partial charge in [0.15, 0.2) is 12.2 Å². The van der Waals surface area contributed by atoms with E-state index < -0.39 is 30.0 Å². The van der Waals surface area contributed by atoms with E-state index in [1.54, 1.807) is 24.3 Å². The maximum absolute atomic E-state index is 12.3. The van der Waals surface area contributed by atoms with E-state index >= 15 is 0 Å². The third kappa shape index (κ3) is 4.49. The lowest BCUT2D eigenvalue weighted by Gasteiger charge is -2.25. The molecule has 0 radical (unpaired) electrons. The van der Waals surface area contributed by atoms with E-state index in [1.807, 2.05) is 32.0 Å². The molecule has 28 heavy (non-hydrogen) atoms. The first-order chi connectivity index (χ1) is 13.3. The number of fused-ring (bicyclic) bond motifs is 1. The van der Waals surface area contributed by atoms with Crippen LogP contribution < -0.4 is 15.4 Å². The Balaban J connectivity index is 1.56. The zero-order chi connectivity index (χ0) is 20.3. The predicted molar refractivity (Wildman–Crippen MR) is 104 cm³/mol. The number of esters is 1. The summed E-state index contributed by atoms with van der Waals surface area (Å²) >= 11 is 0. The van der Waals surface area contributed by atoms with Crippen LogP contribution in [0.5, 0.6) is 5.75 Å². The Kier molecular flexibility index (Phi) is 5.63. The van der Waals surface area contributed by atoms with Gasteiger partial charge in [0.25, 0.3) is 11.8 Å². The van der Waals surface area contributed by atoms with Crippen LogP contribution in [0, 0.1) is 13.8 Å². The first-order valence-corrected chi connectivity index (χ1v) is 8.97. The number of carbonyl (C=O) groups is 3. The highest BCUT2D eigenvalue weighted by atomic mass is 16.6. The Hall–Kier alpha value is -3.35. The maximum Gasteiger partial charge on any atom is 0.310 e. The Morgan fingerprint density at radius 2 is 1.96 bits per heavy atom. The van der Waals surface area contributed by atoms with Crippen molar-refractivity contribution in [2.45, 2.75) is 39.4 Å². The summed E-state index contributed by atoms with van der Waals surface area (Å²) < 4.78 is 10.8. The van der Waals surface area contributed by atoms with E-state index in [9.17, 15) is 14.4 Å². The number of nitrogens with one attached hydrogen (secondary N) is 2. The Morgan fingerprint density at radius 3 is 2.75 bits per heavy atom. The van der Waals surface area contributed by atoms with Crippen LogP contribution in [-0.4, -0.2) is 30.0 Å². The van der Waals surface area contributed by atoms with Crippen LogP contribution in [0.25, 0.3) is 0 Å². The average molecular weight is 382 g/mol. The van der Waals surface area contributed by atoms with Crippen LogP contribution in [0.3, 0.4) is 0 Å². The summed E-state index contributed by atoms with van der Waals surface area (Å²) in [6.07, 6.45) is -2.30. The van der Waals surface area contributed by atoms with Crippen molar-refractivity contribution in [3.8, 4) is 5.75 Å². The molecule has 2 aromatic carbocycles. The van der Waals surface area contributed by atoms with Gasteiger partial charge < -0.3 is 20.1 Å². The van der Waals surface area contributed by atoms with E-state index in [0.717, 1.165) is 11.1 Å². The van der Waals surface area contributed by atoms with Crippen LogP contribution >= 0.6 is 0 Å². The molecule has 0 bridgehead atoms. The number of aryl methyl sites for hydroxylation is 2. The third-order valence-electron chi connectivity index (χ3n) is 4.39. The number of hydrogen-bond acceptors (Lipinski definition) is 5. The second-order valence-corrected chi connectivity index (χ2v) is 6.74. The fourth-order valence-electron chi connectivity index (χ4n) is 2.78. The topological polar surface area (TPSA) is 93.7 Å². The van der Waals surface area contributed by atoms with Gasteiger partial charge in [-0.2, -0.15) is 0 Å². The molecule has 2 aromatic rings. The van der Waals surface area contributed by atoms with Crippen LogP contribution in [0.1, 0.15) is 24.5 Å². The molecule has 7 nitrogen and oxygen atoms in total. The van der Waals surface area contributed by atoms with Crippen molar-refractivity contribution >= 4 is 29.2 Å².